The number of nitrogens with zero attached hydrogens (tertiary/aromatic N) is 1. The zero-order valence-electron chi connectivity index (χ0n) is 7.06. The molecule has 0 amide bonds. The van der Waals surface area contributed by atoms with Gasteiger partial charge < -0.3 is 0 Å². The van der Waals surface area contributed by atoms with Crippen molar-refractivity contribution in [2.24, 2.45) is 0 Å². The van der Waals surface area contributed by atoms with Crippen LogP contribution in [-0.2, 0) is 9.59 Å². The number of carbonyl (C=O) groups excluding carboxylic acids is 2. The van der Waals surface area contributed by atoms with Gasteiger partial charge in [0.2, 0.25) is 0 Å². The molecule has 1 aromatic rings. The standard InChI is InChI=1S/C9H8BNO2/c12-7-5-10-8(9(7)13)6-3-1-2-4-11-6/h1-4,8,10H,5H2. The molecule has 1 aliphatic rings. The highest BCUT2D eigenvalue weighted by atomic mass is 16.2. The van der Waals surface area contributed by atoms with E-state index in [1.54, 1.807) is 18.3 Å². The highest BCUT2D eigenvalue weighted by Crippen LogP contribution is 2.20. The molecule has 1 saturated heterocycles. The van der Waals surface area contributed by atoms with Crippen LogP contribution in [0.15, 0.2) is 24.4 Å². The van der Waals surface area contributed by atoms with Crippen LogP contribution in [0.3, 0.4) is 0 Å². The lowest BCUT2D eigenvalue weighted by molar-refractivity contribution is -0.134. The number of Topliss-reactive ketones (excluding diaryl/α,β-unsaturated/α-hetero) is 2. The second-order valence-corrected chi connectivity index (χ2v) is 3.13. The first kappa shape index (κ1) is 8.17. The van der Waals surface area contributed by atoms with Crippen molar-refractivity contribution in [2.75, 3.05) is 0 Å². The quantitative estimate of drug-likeness (QED) is 0.447. The Kier molecular flexibility index (Phi) is 1.96. The van der Waals surface area contributed by atoms with Gasteiger partial charge in [-0.25, -0.2) is 0 Å². The predicted octanol–water partition coefficient (Wildman–Crippen LogP) is 0.129. The smallest absolute Gasteiger partial charge is 0.198 e. The number of aromatic nitrogens is 1. The van der Waals surface area contributed by atoms with Gasteiger partial charge in [-0.05, 0) is 18.5 Å². The molecule has 1 fully saturated rings. The van der Waals surface area contributed by atoms with Crippen molar-refractivity contribution in [2.45, 2.75) is 12.1 Å². The van der Waals surface area contributed by atoms with Gasteiger partial charge in [-0.3, -0.25) is 14.6 Å². The van der Waals surface area contributed by atoms with Gasteiger partial charge in [-0.1, -0.05) is 6.07 Å². The van der Waals surface area contributed by atoms with Crippen molar-refractivity contribution in [1.29, 1.82) is 0 Å². The van der Waals surface area contributed by atoms with Crippen molar-refractivity contribution in [3.8, 4) is 0 Å². The Labute approximate surface area is 76.4 Å². The molecule has 3 nitrogen and oxygen atoms in total. The molecule has 64 valence electrons. The van der Waals surface area contributed by atoms with E-state index >= 15 is 0 Å². The summed E-state index contributed by atoms with van der Waals surface area (Å²) in [6.45, 7) is 0. The average molecular weight is 173 g/mol. The first-order valence-electron chi connectivity index (χ1n) is 4.27. The summed E-state index contributed by atoms with van der Waals surface area (Å²) in [6, 6.07) is 5.42. The van der Waals surface area contributed by atoms with Crippen molar-refractivity contribution in [3.05, 3.63) is 30.1 Å². The molecule has 1 atom stereocenters. The molecule has 0 saturated carbocycles. The lowest BCUT2D eigenvalue weighted by Gasteiger charge is -2.03. The molecule has 1 aliphatic heterocycles. The van der Waals surface area contributed by atoms with Gasteiger partial charge in [-0.15, -0.1) is 0 Å². The van der Waals surface area contributed by atoms with E-state index in [1.165, 1.54) is 0 Å². The third-order valence-electron chi connectivity index (χ3n) is 2.30. The zero-order chi connectivity index (χ0) is 9.26. The zero-order valence-corrected chi connectivity index (χ0v) is 7.06. The van der Waals surface area contributed by atoms with Crippen LogP contribution in [0.1, 0.15) is 11.5 Å². The van der Waals surface area contributed by atoms with Gasteiger partial charge in [0.1, 0.15) is 0 Å². The fraction of sp³-hybridized carbons (Fsp3) is 0.222. The topological polar surface area (TPSA) is 47.0 Å². The van der Waals surface area contributed by atoms with Crippen molar-refractivity contribution >= 4 is 18.8 Å². The molecule has 13 heavy (non-hydrogen) atoms. The van der Waals surface area contributed by atoms with E-state index in [0.29, 0.717) is 13.6 Å². The van der Waals surface area contributed by atoms with Crippen LogP contribution in [0.4, 0.5) is 0 Å². The molecule has 1 unspecified atom stereocenters. The molecular formula is C9H8BNO2. The minimum atomic E-state index is -0.284. The van der Waals surface area contributed by atoms with Gasteiger partial charge in [0, 0.05) is 17.7 Å². The Balaban J connectivity index is 2.29. The van der Waals surface area contributed by atoms with E-state index < -0.39 is 0 Å². The highest BCUT2D eigenvalue weighted by Gasteiger charge is 2.35. The van der Waals surface area contributed by atoms with E-state index in [1.807, 2.05) is 6.07 Å². The van der Waals surface area contributed by atoms with Crippen LogP contribution in [-0.4, -0.2) is 23.8 Å². The largest absolute Gasteiger partial charge is 0.292 e. The van der Waals surface area contributed by atoms with Crippen LogP contribution in [0.25, 0.3) is 0 Å². The Hall–Kier alpha value is -1.45. The van der Waals surface area contributed by atoms with Gasteiger partial charge in [0.05, 0.1) is 0 Å². The summed E-state index contributed by atoms with van der Waals surface area (Å²) in [7, 11) is 0.620. The summed E-state index contributed by atoms with van der Waals surface area (Å²) in [5.74, 6) is -0.817. The van der Waals surface area contributed by atoms with Crippen LogP contribution in [0.2, 0.25) is 6.32 Å². The Morgan fingerprint density at radius 2 is 2.23 bits per heavy atom. The number of pyridine rings is 1. The number of ketones is 2. The van der Waals surface area contributed by atoms with E-state index in [0.717, 1.165) is 5.69 Å². The number of hydrogen-bond acceptors (Lipinski definition) is 3. The monoisotopic (exact) mass is 173 g/mol. The molecule has 0 N–H and O–H groups in total. The van der Waals surface area contributed by atoms with Crippen LogP contribution in [0.5, 0.6) is 0 Å². The molecule has 4 heteroatoms. The van der Waals surface area contributed by atoms with E-state index in [4.69, 9.17) is 0 Å². The molecule has 0 bridgehead atoms. The summed E-state index contributed by atoms with van der Waals surface area (Å²) in [4.78, 5) is 26.4. The maximum absolute atomic E-state index is 11.3. The van der Waals surface area contributed by atoms with Gasteiger partial charge in [-0.2, -0.15) is 0 Å². The van der Waals surface area contributed by atoms with Crippen LogP contribution in [0, 0.1) is 0 Å². The lowest BCUT2D eigenvalue weighted by atomic mass is 9.65. The molecule has 2 rings (SSSR count). The first-order valence-corrected chi connectivity index (χ1v) is 4.27. The first-order chi connectivity index (χ1) is 6.29. The summed E-state index contributed by atoms with van der Waals surface area (Å²) < 4.78 is 0. The molecule has 0 aromatic carbocycles. The summed E-state index contributed by atoms with van der Waals surface area (Å²) in [5.41, 5.74) is 0.721. The fourth-order valence-electron chi connectivity index (χ4n) is 1.59. The SMILES string of the molecule is O=C1CBC(c2ccccn2)C1=O. The Bertz CT molecular complexity index is 350. The number of carbonyl (C=O) groups is 2. The van der Waals surface area contributed by atoms with Gasteiger partial charge in [0.15, 0.2) is 18.8 Å². The third kappa shape index (κ3) is 1.39. The number of hydrogen-bond donors (Lipinski definition) is 0. The second kappa shape index (κ2) is 3.13. The third-order valence-corrected chi connectivity index (χ3v) is 2.30. The number of rotatable bonds is 1. The van der Waals surface area contributed by atoms with Gasteiger partial charge >= 0.3 is 0 Å². The van der Waals surface area contributed by atoms with E-state index in [9.17, 15) is 9.59 Å². The maximum Gasteiger partial charge on any atom is 0.198 e. The minimum Gasteiger partial charge on any atom is -0.292 e. The fourth-order valence-corrected chi connectivity index (χ4v) is 1.59. The maximum atomic E-state index is 11.3. The molecule has 2 heterocycles. The van der Waals surface area contributed by atoms with Crippen LogP contribution < -0.4 is 0 Å². The van der Waals surface area contributed by atoms with E-state index in [2.05, 4.69) is 4.98 Å². The predicted molar refractivity (Wildman–Crippen MR) is 48.9 cm³/mol. The average Bonchev–Trinajstić information content (AvgIpc) is 2.49. The minimum absolute atomic E-state index is 0.254. The van der Waals surface area contributed by atoms with Crippen LogP contribution >= 0.6 is 0 Å². The molecule has 0 radical (unpaired) electrons. The summed E-state index contributed by atoms with van der Waals surface area (Å²) in [5, 5.41) is 0. The molecule has 0 spiro atoms. The Morgan fingerprint density at radius 3 is 2.77 bits per heavy atom. The summed E-state index contributed by atoms with van der Waals surface area (Å²) >= 11 is 0. The van der Waals surface area contributed by atoms with Crippen molar-refractivity contribution < 1.29 is 9.59 Å². The molecule has 0 aliphatic carbocycles. The molecule has 1 aromatic heterocycles. The summed E-state index contributed by atoms with van der Waals surface area (Å²) in [6.07, 6.45) is 2.02. The van der Waals surface area contributed by atoms with Crippen molar-refractivity contribution in [1.82, 2.24) is 4.98 Å². The van der Waals surface area contributed by atoms with E-state index in [-0.39, 0.29) is 17.4 Å². The second-order valence-electron chi connectivity index (χ2n) is 3.13. The van der Waals surface area contributed by atoms with Gasteiger partial charge in [0.25, 0.3) is 0 Å². The lowest BCUT2D eigenvalue weighted by Crippen LogP contribution is -2.14. The highest BCUT2D eigenvalue weighted by molar-refractivity contribution is 6.68. The molecular weight excluding hydrogens is 165 g/mol. The van der Waals surface area contributed by atoms with Crippen molar-refractivity contribution in [3.63, 3.8) is 0 Å². The Morgan fingerprint density at radius 1 is 1.38 bits per heavy atom. The normalized spacial score (nSPS) is 21.7.